The number of hydrogen-bond donors (Lipinski definition) is 1. The Morgan fingerprint density at radius 3 is 2.43 bits per heavy atom. The molecule has 0 aromatic heterocycles. The van der Waals surface area contributed by atoms with Gasteiger partial charge in [-0.05, 0) is 43.7 Å². The van der Waals surface area contributed by atoms with Crippen molar-refractivity contribution in [2.45, 2.75) is 20.0 Å². The lowest BCUT2D eigenvalue weighted by Gasteiger charge is -2.35. The summed E-state index contributed by atoms with van der Waals surface area (Å²) >= 11 is 0. The zero-order valence-electron chi connectivity index (χ0n) is 16.4. The number of rotatable bonds is 6. The van der Waals surface area contributed by atoms with Crippen molar-refractivity contribution in [1.82, 2.24) is 9.80 Å². The lowest BCUT2D eigenvalue weighted by atomic mass is 10.1. The van der Waals surface area contributed by atoms with E-state index in [1.165, 1.54) is 6.07 Å². The third-order valence-electron chi connectivity index (χ3n) is 5.01. The quantitative estimate of drug-likeness (QED) is 0.829. The van der Waals surface area contributed by atoms with Crippen molar-refractivity contribution in [3.63, 3.8) is 0 Å². The lowest BCUT2D eigenvalue weighted by molar-refractivity contribution is 0.0403. The number of piperazine rings is 1. The van der Waals surface area contributed by atoms with E-state index in [9.17, 15) is 14.3 Å². The molecule has 0 spiro atoms. The fourth-order valence-electron chi connectivity index (χ4n) is 3.22. The van der Waals surface area contributed by atoms with E-state index in [1.54, 1.807) is 24.0 Å². The predicted molar refractivity (Wildman–Crippen MR) is 106 cm³/mol. The standard InChI is InChI=1S/C22H27FN2O3/c1-16-3-7-20(8-4-16)28-15-19(26)14-24-9-11-25(12-10-24)22(27)18-6-5-17(2)21(23)13-18/h3-8,13,19,26H,9-12,14-15H2,1-2H3. The number of aliphatic hydroxyl groups excluding tert-OH is 1. The largest absolute Gasteiger partial charge is 0.491 e. The zero-order valence-corrected chi connectivity index (χ0v) is 16.4. The molecule has 2 aromatic rings. The molecule has 1 heterocycles. The van der Waals surface area contributed by atoms with E-state index >= 15 is 0 Å². The van der Waals surface area contributed by atoms with Crippen molar-refractivity contribution in [3.05, 3.63) is 65.0 Å². The van der Waals surface area contributed by atoms with E-state index in [0.717, 1.165) is 11.3 Å². The SMILES string of the molecule is Cc1ccc(OCC(O)CN2CCN(C(=O)c3ccc(C)c(F)c3)CC2)cc1. The first-order valence-corrected chi connectivity index (χ1v) is 9.57. The molecule has 2 aromatic carbocycles. The molecule has 1 fully saturated rings. The second kappa shape index (κ2) is 9.17. The maximum atomic E-state index is 13.7. The van der Waals surface area contributed by atoms with Crippen LogP contribution in [0.2, 0.25) is 0 Å². The van der Waals surface area contributed by atoms with Gasteiger partial charge in [-0.25, -0.2) is 4.39 Å². The van der Waals surface area contributed by atoms with Crippen molar-refractivity contribution < 1.29 is 19.0 Å². The highest BCUT2D eigenvalue weighted by molar-refractivity contribution is 5.94. The van der Waals surface area contributed by atoms with Gasteiger partial charge in [0.15, 0.2) is 0 Å². The smallest absolute Gasteiger partial charge is 0.254 e. The maximum absolute atomic E-state index is 13.7. The Kier molecular flexibility index (Phi) is 6.65. The number of carbonyl (C=O) groups is 1. The van der Waals surface area contributed by atoms with Crippen LogP contribution in [0, 0.1) is 19.7 Å². The van der Waals surface area contributed by atoms with Crippen LogP contribution in [-0.4, -0.2) is 66.2 Å². The van der Waals surface area contributed by atoms with E-state index in [2.05, 4.69) is 4.90 Å². The van der Waals surface area contributed by atoms with Gasteiger partial charge >= 0.3 is 0 Å². The third-order valence-corrected chi connectivity index (χ3v) is 5.01. The van der Waals surface area contributed by atoms with Crippen LogP contribution in [0.1, 0.15) is 21.5 Å². The van der Waals surface area contributed by atoms with Gasteiger partial charge in [-0.2, -0.15) is 0 Å². The fourth-order valence-corrected chi connectivity index (χ4v) is 3.22. The third kappa shape index (κ3) is 5.30. The summed E-state index contributed by atoms with van der Waals surface area (Å²) in [6.45, 7) is 6.86. The summed E-state index contributed by atoms with van der Waals surface area (Å²) in [5.41, 5.74) is 2.07. The molecule has 1 N–H and O–H groups in total. The number of amides is 1. The van der Waals surface area contributed by atoms with Crippen LogP contribution in [0.4, 0.5) is 4.39 Å². The molecule has 1 atom stereocenters. The molecular weight excluding hydrogens is 359 g/mol. The zero-order chi connectivity index (χ0) is 20.1. The summed E-state index contributed by atoms with van der Waals surface area (Å²) in [5, 5.41) is 10.2. The molecule has 0 aliphatic carbocycles. The minimum atomic E-state index is -0.602. The minimum Gasteiger partial charge on any atom is -0.491 e. The van der Waals surface area contributed by atoms with Crippen LogP contribution in [0.15, 0.2) is 42.5 Å². The number of ether oxygens (including phenoxy) is 1. The van der Waals surface area contributed by atoms with Gasteiger partial charge in [0, 0.05) is 38.3 Å². The molecule has 1 saturated heterocycles. The monoisotopic (exact) mass is 386 g/mol. The van der Waals surface area contributed by atoms with Gasteiger partial charge in [0.25, 0.3) is 5.91 Å². The minimum absolute atomic E-state index is 0.151. The Bertz CT molecular complexity index is 802. The Morgan fingerprint density at radius 2 is 1.79 bits per heavy atom. The summed E-state index contributed by atoms with van der Waals surface area (Å²) in [5.74, 6) is 0.230. The molecule has 5 nitrogen and oxygen atoms in total. The predicted octanol–water partition coefficient (Wildman–Crippen LogP) is 2.64. The second-order valence-corrected chi connectivity index (χ2v) is 7.33. The summed E-state index contributed by atoms with van der Waals surface area (Å²) in [6.07, 6.45) is -0.602. The molecule has 1 aliphatic heterocycles. The van der Waals surface area contributed by atoms with Gasteiger partial charge in [0.2, 0.25) is 0 Å². The molecule has 6 heteroatoms. The maximum Gasteiger partial charge on any atom is 0.254 e. The Balaban J connectivity index is 1.43. The van der Waals surface area contributed by atoms with Gasteiger partial charge in [0.1, 0.15) is 24.3 Å². The highest BCUT2D eigenvalue weighted by Crippen LogP contribution is 2.14. The second-order valence-electron chi connectivity index (χ2n) is 7.33. The van der Waals surface area contributed by atoms with Crippen LogP contribution < -0.4 is 4.74 Å². The van der Waals surface area contributed by atoms with E-state index in [0.29, 0.717) is 43.9 Å². The summed E-state index contributed by atoms with van der Waals surface area (Å²) < 4.78 is 19.3. The average molecular weight is 386 g/mol. The number of β-amino-alcohol motifs (C(OH)–C–C–N with tert-alkyl or cyclic N) is 1. The van der Waals surface area contributed by atoms with Crippen LogP contribution in [-0.2, 0) is 0 Å². The van der Waals surface area contributed by atoms with Crippen LogP contribution in [0.25, 0.3) is 0 Å². The van der Waals surface area contributed by atoms with Gasteiger partial charge in [-0.1, -0.05) is 23.8 Å². The number of nitrogens with zero attached hydrogens (tertiary/aromatic N) is 2. The van der Waals surface area contributed by atoms with Crippen molar-refractivity contribution >= 4 is 5.91 Å². The van der Waals surface area contributed by atoms with Gasteiger partial charge < -0.3 is 14.7 Å². The number of benzene rings is 2. The van der Waals surface area contributed by atoms with Crippen LogP contribution >= 0.6 is 0 Å². The van der Waals surface area contributed by atoms with E-state index in [1.807, 2.05) is 31.2 Å². The highest BCUT2D eigenvalue weighted by Gasteiger charge is 2.24. The molecule has 150 valence electrons. The molecule has 1 amide bonds. The first-order valence-electron chi connectivity index (χ1n) is 9.57. The van der Waals surface area contributed by atoms with E-state index in [-0.39, 0.29) is 18.3 Å². The summed E-state index contributed by atoms with van der Waals surface area (Å²) in [6, 6.07) is 12.3. The summed E-state index contributed by atoms with van der Waals surface area (Å²) in [4.78, 5) is 16.4. The Labute approximate surface area is 165 Å². The Hall–Kier alpha value is -2.44. The van der Waals surface area contributed by atoms with Crippen molar-refractivity contribution in [2.24, 2.45) is 0 Å². The average Bonchev–Trinajstić information content (AvgIpc) is 2.70. The molecule has 0 saturated carbocycles. The number of halogens is 1. The van der Waals surface area contributed by atoms with Crippen LogP contribution in [0.5, 0.6) is 5.75 Å². The number of aryl methyl sites for hydroxylation is 2. The molecule has 28 heavy (non-hydrogen) atoms. The Morgan fingerprint density at radius 1 is 1.11 bits per heavy atom. The summed E-state index contributed by atoms with van der Waals surface area (Å²) in [7, 11) is 0. The molecule has 3 rings (SSSR count). The van der Waals surface area contributed by atoms with Crippen LogP contribution in [0.3, 0.4) is 0 Å². The topological polar surface area (TPSA) is 53.0 Å². The van der Waals surface area contributed by atoms with E-state index < -0.39 is 6.10 Å². The molecule has 0 radical (unpaired) electrons. The molecule has 0 bridgehead atoms. The molecule has 1 unspecified atom stereocenters. The van der Waals surface area contributed by atoms with Gasteiger partial charge in [-0.3, -0.25) is 9.69 Å². The number of hydrogen-bond acceptors (Lipinski definition) is 4. The number of carbonyl (C=O) groups excluding carboxylic acids is 1. The van der Waals surface area contributed by atoms with Crippen molar-refractivity contribution in [3.8, 4) is 5.75 Å². The first-order chi connectivity index (χ1) is 13.4. The first kappa shape index (κ1) is 20.3. The number of aliphatic hydroxyl groups is 1. The highest BCUT2D eigenvalue weighted by atomic mass is 19.1. The van der Waals surface area contributed by atoms with Crippen molar-refractivity contribution in [2.75, 3.05) is 39.3 Å². The van der Waals surface area contributed by atoms with Crippen molar-refractivity contribution in [1.29, 1.82) is 0 Å². The van der Waals surface area contributed by atoms with Gasteiger partial charge in [-0.15, -0.1) is 0 Å². The van der Waals surface area contributed by atoms with Gasteiger partial charge in [0.05, 0.1) is 0 Å². The lowest BCUT2D eigenvalue weighted by Crippen LogP contribution is -2.51. The normalized spacial score (nSPS) is 16.1. The fraction of sp³-hybridized carbons (Fsp3) is 0.409. The van der Waals surface area contributed by atoms with E-state index in [4.69, 9.17) is 4.74 Å². The molecular formula is C22H27FN2O3. The molecule has 1 aliphatic rings.